The van der Waals surface area contributed by atoms with Crippen LogP contribution < -0.4 is 5.32 Å². The van der Waals surface area contributed by atoms with Crippen molar-refractivity contribution in [2.45, 2.75) is 13.0 Å². The number of hydrogen-bond acceptors (Lipinski definition) is 3. The first-order valence-corrected chi connectivity index (χ1v) is 8.38. The lowest BCUT2D eigenvalue weighted by atomic mass is 10.1. The summed E-state index contributed by atoms with van der Waals surface area (Å²) in [5, 5.41) is 7.35. The fourth-order valence-corrected chi connectivity index (χ4v) is 3.15. The molecule has 0 radical (unpaired) electrons. The Bertz CT molecular complexity index is 667. The van der Waals surface area contributed by atoms with Crippen molar-refractivity contribution >= 4 is 6.03 Å². The molecule has 1 N–H and O–H groups in total. The molecule has 2 heterocycles. The molecule has 6 heteroatoms. The van der Waals surface area contributed by atoms with E-state index in [0.717, 1.165) is 37.3 Å². The fourth-order valence-electron chi connectivity index (χ4n) is 3.15. The molecule has 128 valence electrons. The molecular weight excluding hydrogens is 302 g/mol. The molecule has 1 aliphatic heterocycles. The van der Waals surface area contributed by atoms with Crippen molar-refractivity contribution in [2.75, 3.05) is 33.7 Å². The lowest BCUT2D eigenvalue weighted by molar-refractivity contribution is 0.205. The molecular formula is C18H25N5O. The molecule has 2 aromatic rings. The van der Waals surface area contributed by atoms with Crippen molar-refractivity contribution in [3.05, 3.63) is 48.3 Å². The van der Waals surface area contributed by atoms with Gasteiger partial charge in [0.2, 0.25) is 0 Å². The van der Waals surface area contributed by atoms with E-state index in [4.69, 9.17) is 0 Å². The summed E-state index contributed by atoms with van der Waals surface area (Å²) < 4.78 is 1.82. The number of urea groups is 1. The average molecular weight is 327 g/mol. The van der Waals surface area contributed by atoms with E-state index in [9.17, 15) is 4.79 Å². The minimum Gasteiger partial charge on any atom is -0.334 e. The minimum atomic E-state index is 0.0173. The Balaban J connectivity index is 1.50. The molecule has 1 aromatic heterocycles. The van der Waals surface area contributed by atoms with E-state index in [1.165, 1.54) is 0 Å². The van der Waals surface area contributed by atoms with Gasteiger partial charge < -0.3 is 15.1 Å². The second-order valence-electron chi connectivity index (χ2n) is 6.65. The van der Waals surface area contributed by atoms with Crippen LogP contribution in [0.3, 0.4) is 0 Å². The van der Waals surface area contributed by atoms with E-state index in [0.29, 0.717) is 12.5 Å². The standard InChI is InChI=1S/C18H25N5O/c1-21(2)12-15-8-9-22(13-15)18(24)19-10-16-11-20-23(14-16)17-6-4-3-5-7-17/h3-7,11,14-15H,8-10,12-13H2,1-2H3,(H,19,24)/t15-/m0/s1. The highest BCUT2D eigenvalue weighted by molar-refractivity contribution is 5.74. The van der Waals surface area contributed by atoms with Crippen LogP contribution in [0.25, 0.3) is 5.69 Å². The van der Waals surface area contributed by atoms with Gasteiger partial charge in [-0.1, -0.05) is 18.2 Å². The smallest absolute Gasteiger partial charge is 0.317 e. The third-order valence-electron chi connectivity index (χ3n) is 4.30. The molecule has 0 aliphatic carbocycles. The zero-order chi connectivity index (χ0) is 16.9. The predicted octanol–water partition coefficient (Wildman–Crippen LogP) is 1.97. The summed E-state index contributed by atoms with van der Waals surface area (Å²) in [7, 11) is 4.15. The van der Waals surface area contributed by atoms with Gasteiger partial charge in [0.15, 0.2) is 0 Å². The Morgan fingerprint density at radius 2 is 2.12 bits per heavy atom. The van der Waals surface area contributed by atoms with Gasteiger partial charge in [-0.05, 0) is 38.6 Å². The van der Waals surface area contributed by atoms with Gasteiger partial charge in [0.25, 0.3) is 0 Å². The number of aromatic nitrogens is 2. The molecule has 1 atom stereocenters. The van der Waals surface area contributed by atoms with Gasteiger partial charge >= 0.3 is 6.03 Å². The van der Waals surface area contributed by atoms with Gasteiger partial charge in [0, 0.05) is 37.9 Å². The number of rotatable bonds is 5. The van der Waals surface area contributed by atoms with Crippen LogP contribution in [0.15, 0.2) is 42.7 Å². The third kappa shape index (κ3) is 4.14. The Kier molecular flexibility index (Phi) is 5.15. The number of carbonyl (C=O) groups excluding carboxylic acids is 1. The van der Waals surface area contributed by atoms with Crippen LogP contribution >= 0.6 is 0 Å². The van der Waals surface area contributed by atoms with Crippen molar-refractivity contribution in [2.24, 2.45) is 5.92 Å². The number of likely N-dealkylation sites (tertiary alicyclic amines) is 1. The van der Waals surface area contributed by atoms with Crippen molar-refractivity contribution < 1.29 is 4.79 Å². The van der Waals surface area contributed by atoms with E-state index in [-0.39, 0.29) is 6.03 Å². The number of carbonyl (C=O) groups is 1. The number of nitrogens with zero attached hydrogens (tertiary/aromatic N) is 4. The summed E-state index contributed by atoms with van der Waals surface area (Å²) in [6.07, 6.45) is 4.83. The van der Waals surface area contributed by atoms with Crippen LogP contribution in [0.4, 0.5) is 4.79 Å². The highest BCUT2D eigenvalue weighted by Crippen LogP contribution is 2.16. The number of hydrogen-bond donors (Lipinski definition) is 1. The highest BCUT2D eigenvalue weighted by Gasteiger charge is 2.26. The van der Waals surface area contributed by atoms with Crippen molar-refractivity contribution in [1.82, 2.24) is 24.9 Å². The Morgan fingerprint density at radius 3 is 2.88 bits per heavy atom. The van der Waals surface area contributed by atoms with E-state index in [1.54, 1.807) is 6.20 Å². The summed E-state index contributed by atoms with van der Waals surface area (Å²) in [6, 6.07) is 9.97. The highest BCUT2D eigenvalue weighted by atomic mass is 16.2. The van der Waals surface area contributed by atoms with Crippen LogP contribution in [0, 0.1) is 5.92 Å². The first kappa shape index (κ1) is 16.5. The maximum atomic E-state index is 12.3. The van der Waals surface area contributed by atoms with Crippen molar-refractivity contribution in [3.8, 4) is 5.69 Å². The van der Waals surface area contributed by atoms with Gasteiger partial charge in [-0.3, -0.25) is 0 Å². The van der Waals surface area contributed by atoms with Crippen LogP contribution in [-0.4, -0.2) is 59.3 Å². The zero-order valence-corrected chi connectivity index (χ0v) is 14.4. The van der Waals surface area contributed by atoms with Crippen LogP contribution in [0.1, 0.15) is 12.0 Å². The summed E-state index contributed by atoms with van der Waals surface area (Å²) >= 11 is 0. The lowest BCUT2D eigenvalue weighted by Crippen LogP contribution is -2.38. The first-order valence-electron chi connectivity index (χ1n) is 8.38. The van der Waals surface area contributed by atoms with Gasteiger partial charge in [-0.25, -0.2) is 9.48 Å². The van der Waals surface area contributed by atoms with Crippen LogP contribution in [0.5, 0.6) is 0 Å². The molecule has 0 saturated carbocycles. The van der Waals surface area contributed by atoms with E-state index in [1.807, 2.05) is 46.1 Å². The molecule has 1 aromatic carbocycles. The van der Waals surface area contributed by atoms with Crippen molar-refractivity contribution in [1.29, 1.82) is 0 Å². The molecule has 2 amide bonds. The maximum Gasteiger partial charge on any atom is 0.317 e. The Hall–Kier alpha value is -2.34. The second-order valence-corrected chi connectivity index (χ2v) is 6.65. The molecule has 0 spiro atoms. The van der Waals surface area contributed by atoms with E-state index in [2.05, 4.69) is 29.4 Å². The molecule has 0 bridgehead atoms. The summed E-state index contributed by atoms with van der Waals surface area (Å²) in [4.78, 5) is 16.4. The molecule has 1 saturated heterocycles. The monoisotopic (exact) mass is 327 g/mol. The molecule has 1 aliphatic rings. The Morgan fingerprint density at radius 1 is 1.33 bits per heavy atom. The number of benzene rings is 1. The SMILES string of the molecule is CN(C)C[C@@H]1CCN(C(=O)NCc2cnn(-c3ccccc3)c2)C1. The molecule has 3 rings (SSSR count). The van der Waals surface area contributed by atoms with Crippen LogP contribution in [0.2, 0.25) is 0 Å². The van der Waals surface area contributed by atoms with Gasteiger partial charge in [0.05, 0.1) is 11.9 Å². The third-order valence-corrected chi connectivity index (χ3v) is 4.30. The second kappa shape index (κ2) is 7.49. The average Bonchev–Trinajstić information content (AvgIpc) is 3.22. The summed E-state index contributed by atoms with van der Waals surface area (Å²) in [6.45, 7) is 3.22. The number of para-hydroxylation sites is 1. The minimum absolute atomic E-state index is 0.0173. The summed E-state index contributed by atoms with van der Waals surface area (Å²) in [5.74, 6) is 0.576. The lowest BCUT2D eigenvalue weighted by Gasteiger charge is -2.18. The van der Waals surface area contributed by atoms with Gasteiger partial charge in [0.1, 0.15) is 0 Å². The maximum absolute atomic E-state index is 12.3. The fraction of sp³-hybridized carbons (Fsp3) is 0.444. The quantitative estimate of drug-likeness (QED) is 0.913. The molecule has 24 heavy (non-hydrogen) atoms. The van der Waals surface area contributed by atoms with Crippen molar-refractivity contribution in [3.63, 3.8) is 0 Å². The Labute approximate surface area is 143 Å². The van der Waals surface area contributed by atoms with Crippen LogP contribution in [-0.2, 0) is 6.54 Å². The first-order chi connectivity index (χ1) is 11.6. The zero-order valence-electron chi connectivity index (χ0n) is 14.4. The topological polar surface area (TPSA) is 53.4 Å². The normalized spacial score (nSPS) is 17.5. The van der Waals surface area contributed by atoms with Gasteiger partial charge in [-0.15, -0.1) is 0 Å². The largest absolute Gasteiger partial charge is 0.334 e. The van der Waals surface area contributed by atoms with Gasteiger partial charge in [-0.2, -0.15) is 5.10 Å². The molecule has 1 fully saturated rings. The molecule has 6 nitrogen and oxygen atoms in total. The predicted molar refractivity (Wildman–Crippen MR) is 94.0 cm³/mol. The number of nitrogens with one attached hydrogen (secondary N) is 1. The number of amides is 2. The summed E-state index contributed by atoms with van der Waals surface area (Å²) in [5.41, 5.74) is 2.01. The van der Waals surface area contributed by atoms with E-state index < -0.39 is 0 Å². The van der Waals surface area contributed by atoms with E-state index >= 15 is 0 Å². The molecule has 0 unspecified atom stereocenters.